The van der Waals surface area contributed by atoms with Crippen LogP contribution in [0.1, 0.15) is 0 Å². The molecule has 0 fully saturated rings. The van der Waals surface area contributed by atoms with Gasteiger partial charge in [0.25, 0.3) is 0 Å². The summed E-state index contributed by atoms with van der Waals surface area (Å²) in [6.07, 6.45) is 0. The van der Waals surface area contributed by atoms with Crippen molar-refractivity contribution in [1.82, 2.24) is 9.55 Å². The van der Waals surface area contributed by atoms with Crippen molar-refractivity contribution in [1.29, 1.82) is 0 Å². The minimum atomic E-state index is 0.612. The summed E-state index contributed by atoms with van der Waals surface area (Å²) in [7, 11) is 0. The van der Waals surface area contributed by atoms with Gasteiger partial charge in [0.05, 0.1) is 11.0 Å². The number of rotatable bonds is 6. The summed E-state index contributed by atoms with van der Waals surface area (Å²) in [5, 5.41) is 4.43. The first-order chi connectivity index (χ1) is 26.7. The van der Waals surface area contributed by atoms with Crippen molar-refractivity contribution in [3.63, 3.8) is 0 Å². The van der Waals surface area contributed by atoms with Crippen LogP contribution in [0.2, 0.25) is 0 Å². The summed E-state index contributed by atoms with van der Waals surface area (Å²) in [6, 6.07) is 65.7. The summed E-state index contributed by atoms with van der Waals surface area (Å²) in [5.41, 5.74) is 13.1. The first-order valence-electron chi connectivity index (χ1n) is 18.1. The quantitative estimate of drug-likeness (QED) is 0.174. The monoisotopic (exact) mass is 693 g/mol. The number of aromatic nitrogens is 2. The van der Waals surface area contributed by atoms with E-state index in [1.54, 1.807) is 0 Å². The van der Waals surface area contributed by atoms with E-state index in [-0.39, 0.29) is 0 Å². The van der Waals surface area contributed by atoms with Crippen LogP contribution in [0.5, 0.6) is 0 Å². The van der Waals surface area contributed by atoms with Crippen LogP contribution in [0.25, 0.3) is 83.1 Å². The molecule has 0 aliphatic heterocycles. The fraction of sp³-hybridized carbons (Fsp3) is 0. The van der Waals surface area contributed by atoms with E-state index in [9.17, 15) is 0 Å². The lowest BCUT2D eigenvalue weighted by molar-refractivity contribution is 0.620. The number of nitrogens with zero attached hydrogens (tertiary/aromatic N) is 3. The van der Waals surface area contributed by atoms with Crippen LogP contribution in [0, 0.1) is 0 Å². The number of fused-ring (bicyclic) bond motifs is 7. The van der Waals surface area contributed by atoms with Gasteiger partial charge in [0.15, 0.2) is 5.58 Å². The summed E-state index contributed by atoms with van der Waals surface area (Å²) in [6.45, 7) is 0. The number of anilines is 3. The molecule has 8 aromatic carbocycles. The molecule has 0 unspecified atom stereocenters. The van der Waals surface area contributed by atoms with Crippen LogP contribution in [-0.2, 0) is 0 Å². The summed E-state index contributed by atoms with van der Waals surface area (Å²) in [5.74, 6) is 0.612. The van der Waals surface area contributed by atoms with Crippen LogP contribution in [0.4, 0.5) is 17.1 Å². The van der Waals surface area contributed by atoms with Crippen molar-refractivity contribution in [2.45, 2.75) is 0 Å². The summed E-state index contributed by atoms with van der Waals surface area (Å²) in [4.78, 5) is 7.24. The van der Waals surface area contributed by atoms with E-state index in [2.05, 4.69) is 155 Å². The molecule has 0 aliphatic rings. The second kappa shape index (κ2) is 12.1. The Kier molecular flexibility index (Phi) is 6.79. The first kappa shape index (κ1) is 30.3. The third-order valence-corrected chi connectivity index (χ3v) is 10.4. The van der Waals surface area contributed by atoms with Gasteiger partial charge >= 0.3 is 0 Å². The first-order valence-corrected chi connectivity index (χ1v) is 18.1. The molecule has 0 saturated carbocycles. The van der Waals surface area contributed by atoms with Gasteiger partial charge in [-0.15, -0.1) is 0 Å². The van der Waals surface area contributed by atoms with E-state index in [0.717, 1.165) is 94.3 Å². The lowest BCUT2D eigenvalue weighted by Gasteiger charge is -2.25. The van der Waals surface area contributed by atoms with Gasteiger partial charge in [-0.25, -0.2) is 4.98 Å². The van der Waals surface area contributed by atoms with Gasteiger partial charge in [-0.3, -0.25) is 0 Å². The zero-order valence-corrected chi connectivity index (χ0v) is 29.1. The molecular formula is C49H31N3O2. The Morgan fingerprint density at radius 1 is 0.389 bits per heavy atom. The number of para-hydroxylation sites is 3. The van der Waals surface area contributed by atoms with Crippen molar-refractivity contribution in [3.8, 4) is 28.3 Å². The van der Waals surface area contributed by atoms with Crippen LogP contribution >= 0.6 is 0 Å². The maximum atomic E-state index is 6.41. The molecule has 254 valence electrons. The lowest BCUT2D eigenvalue weighted by Crippen LogP contribution is -2.09. The minimum Gasteiger partial charge on any atom is -0.456 e. The Balaban J connectivity index is 1.08. The fourth-order valence-corrected chi connectivity index (χ4v) is 7.86. The largest absolute Gasteiger partial charge is 0.456 e. The number of hydrogen-bond acceptors (Lipinski definition) is 4. The van der Waals surface area contributed by atoms with E-state index >= 15 is 0 Å². The van der Waals surface area contributed by atoms with Crippen molar-refractivity contribution < 1.29 is 8.83 Å². The average Bonchev–Trinajstić information content (AvgIpc) is 3.92. The molecule has 0 amide bonds. The Bertz CT molecular complexity index is 3100. The Morgan fingerprint density at radius 3 is 1.78 bits per heavy atom. The molecule has 0 spiro atoms. The highest BCUT2D eigenvalue weighted by atomic mass is 16.3. The van der Waals surface area contributed by atoms with Gasteiger partial charge in [0.2, 0.25) is 5.89 Å². The molecule has 11 rings (SSSR count). The van der Waals surface area contributed by atoms with Crippen LogP contribution in [-0.4, -0.2) is 9.55 Å². The third kappa shape index (κ3) is 4.90. The number of oxazole rings is 1. The molecule has 54 heavy (non-hydrogen) atoms. The van der Waals surface area contributed by atoms with Crippen LogP contribution in [0.3, 0.4) is 0 Å². The molecule has 0 aliphatic carbocycles. The molecule has 0 bridgehead atoms. The minimum absolute atomic E-state index is 0.612. The molecule has 0 radical (unpaired) electrons. The van der Waals surface area contributed by atoms with Gasteiger partial charge in [-0.1, -0.05) is 91.0 Å². The molecule has 11 aromatic rings. The van der Waals surface area contributed by atoms with Gasteiger partial charge in [-0.05, 0) is 108 Å². The molecule has 0 saturated heterocycles. The number of furan rings is 1. The zero-order chi connectivity index (χ0) is 35.6. The van der Waals surface area contributed by atoms with Crippen molar-refractivity contribution in [2.24, 2.45) is 0 Å². The van der Waals surface area contributed by atoms with Crippen molar-refractivity contribution in [2.75, 3.05) is 4.90 Å². The smallest absolute Gasteiger partial charge is 0.227 e. The predicted octanol–water partition coefficient (Wildman–Crippen LogP) is 13.6. The van der Waals surface area contributed by atoms with E-state index in [1.165, 1.54) is 0 Å². The normalized spacial score (nSPS) is 11.7. The average molecular weight is 694 g/mol. The van der Waals surface area contributed by atoms with Crippen LogP contribution in [0.15, 0.2) is 197 Å². The molecule has 3 heterocycles. The lowest BCUT2D eigenvalue weighted by atomic mass is 10.0. The van der Waals surface area contributed by atoms with Gasteiger partial charge in [-0.2, -0.15) is 0 Å². The molecule has 3 aromatic heterocycles. The van der Waals surface area contributed by atoms with E-state index in [1.807, 2.05) is 42.5 Å². The second-order valence-corrected chi connectivity index (χ2v) is 13.6. The highest BCUT2D eigenvalue weighted by Gasteiger charge is 2.19. The van der Waals surface area contributed by atoms with Crippen molar-refractivity contribution in [3.05, 3.63) is 188 Å². The third-order valence-electron chi connectivity index (χ3n) is 10.4. The maximum absolute atomic E-state index is 6.41. The number of hydrogen-bond donors (Lipinski definition) is 0. The molecule has 5 nitrogen and oxygen atoms in total. The standard InChI is InChI=1S/C49H31N3O2/c1-4-12-33(13-5-1)49-50-43-31-45-41(30-48(43)54-49)40-28-34(22-26-44(40)52(45)38-25-27-47-42(29-38)39-18-10-11-19-46(39)53-47)32-20-23-37(24-21-32)51(35-14-6-2-7-15-35)36-16-8-3-9-17-36/h1-31H. The van der Waals surface area contributed by atoms with Crippen molar-refractivity contribution >= 4 is 71.9 Å². The highest BCUT2D eigenvalue weighted by Crippen LogP contribution is 2.41. The SMILES string of the molecule is c1ccc(-c2nc3cc4c(cc3o2)c2cc(-c3ccc(N(c5ccccc5)c5ccccc5)cc3)ccc2n4-c2ccc3oc4ccccc4c3c2)cc1. The van der Waals surface area contributed by atoms with Gasteiger partial charge < -0.3 is 18.3 Å². The Hall–Kier alpha value is -7.37. The Morgan fingerprint density at radius 2 is 1.02 bits per heavy atom. The highest BCUT2D eigenvalue weighted by molar-refractivity contribution is 6.14. The Labute approximate surface area is 310 Å². The maximum Gasteiger partial charge on any atom is 0.227 e. The van der Waals surface area contributed by atoms with Gasteiger partial charge in [0.1, 0.15) is 16.7 Å². The van der Waals surface area contributed by atoms with Gasteiger partial charge in [0, 0.05) is 49.9 Å². The summed E-state index contributed by atoms with van der Waals surface area (Å²) >= 11 is 0. The summed E-state index contributed by atoms with van der Waals surface area (Å²) < 4.78 is 15.0. The molecule has 5 heteroatoms. The van der Waals surface area contributed by atoms with Crippen LogP contribution < -0.4 is 4.90 Å². The second-order valence-electron chi connectivity index (χ2n) is 13.6. The molecular weight excluding hydrogens is 663 g/mol. The topological polar surface area (TPSA) is 47.3 Å². The fourth-order valence-electron chi connectivity index (χ4n) is 7.86. The molecule has 0 N–H and O–H groups in total. The van der Waals surface area contributed by atoms with E-state index in [4.69, 9.17) is 13.8 Å². The molecule has 0 atom stereocenters. The predicted molar refractivity (Wildman–Crippen MR) is 221 cm³/mol. The van der Waals surface area contributed by atoms with E-state index in [0.29, 0.717) is 5.89 Å². The number of benzene rings is 8. The zero-order valence-electron chi connectivity index (χ0n) is 29.1. The van der Waals surface area contributed by atoms with E-state index < -0.39 is 0 Å².